The van der Waals surface area contributed by atoms with Gasteiger partial charge in [0.05, 0.1) is 6.04 Å². The number of aromatic nitrogens is 2. The van der Waals surface area contributed by atoms with Crippen LogP contribution in [0.4, 0.5) is 0 Å². The first-order valence-electron chi connectivity index (χ1n) is 7.10. The van der Waals surface area contributed by atoms with Gasteiger partial charge in [0.25, 0.3) is 5.89 Å². The summed E-state index contributed by atoms with van der Waals surface area (Å²) in [6.07, 6.45) is -0.876. The van der Waals surface area contributed by atoms with Gasteiger partial charge in [-0.15, -0.1) is 0 Å². The molecule has 0 radical (unpaired) electrons. The lowest BCUT2D eigenvalue weighted by Crippen LogP contribution is -2.45. The molecule has 0 spiro atoms. The van der Waals surface area contributed by atoms with E-state index in [1.54, 1.807) is 0 Å². The normalized spacial score (nSPS) is 22.3. The minimum atomic E-state index is -0.876. The first-order chi connectivity index (χ1) is 10.1. The molecule has 0 saturated carbocycles. The molecule has 1 fully saturated rings. The van der Waals surface area contributed by atoms with Crippen molar-refractivity contribution < 1.29 is 9.63 Å². The molecular weight excluding hydrogens is 268 g/mol. The van der Waals surface area contributed by atoms with E-state index in [4.69, 9.17) is 4.52 Å². The SMILES string of the molecule is CN1CCN(C)C(c2noc(C(O)c3ccccc3)n2)C1. The zero-order valence-electron chi connectivity index (χ0n) is 12.3. The predicted octanol–water partition coefficient (Wildman–Crippen LogP) is 1.07. The van der Waals surface area contributed by atoms with Crippen molar-refractivity contribution in [3.05, 3.63) is 47.6 Å². The number of hydrogen-bond acceptors (Lipinski definition) is 6. The minimum absolute atomic E-state index is 0.101. The van der Waals surface area contributed by atoms with Crippen molar-refractivity contribution in [3.8, 4) is 0 Å². The molecule has 1 aliphatic rings. The molecule has 6 nitrogen and oxygen atoms in total. The van der Waals surface area contributed by atoms with Crippen LogP contribution in [0.15, 0.2) is 34.9 Å². The van der Waals surface area contributed by atoms with E-state index in [1.807, 2.05) is 30.3 Å². The summed E-state index contributed by atoms with van der Waals surface area (Å²) in [4.78, 5) is 8.86. The molecule has 1 aliphatic heterocycles. The summed E-state index contributed by atoms with van der Waals surface area (Å²) in [5.41, 5.74) is 0.752. The molecule has 0 bridgehead atoms. The maximum absolute atomic E-state index is 10.3. The molecule has 1 saturated heterocycles. The Hall–Kier alpha value is -1.76. The third-order valence-corrected chi connectivity index (χ3v) is 3.96. The maximum Gasteiger partial charge on any atom is 0.260 e. The highest BCUT2D eigenvalue weighted by molar-refractivity contribution is 5.21. The molecule has 0 amide bonds. The van der Waals surface area contributed by atoms with E-state index in [1.165, 1.54) is 0 Å². The van der Waals surface area contributed by atoms with Crippen molar-refractivity contribution in [3.63, 3.8) is 0 Å². The van der Waals surface area contributed by atoms with E-state index in [9.17, 15) is 5.11 Å². The lowest BCUT2D eigenvalue weighted by atomic mass is 10.1. The second-order valence-electron chi connectivity index (χ2n) is 5.56. The topological polar surface area (TPSA) is 65.6 Å². The van der Waals surface area contributed by atoms with Gasteiger partial charge in [0.2, 0.25) is 0 Å². The lowest BCUT2D eigenvalue weighted by Gasteiger charge is -2.35. The van der Waals surface area contributed by atoms with Crippen LogP contribution in [-0.2, 0) is 0 Å². The second kappa shape index (κ2) is 5.93. The monoisotopic (exact) mass is 288 g/mol. The third kappa shape index (κ3) is 2.97. The van der Waals surface area contributed by atoms with Crippen LogP contribution >= 0.6 is 0 Å². The number of likely N-dealkylation sites (N-methyl/N-ethyl adjacent to an activating group) is 2. The average molecular weight is 288 g/mol. The third-order valence-electron chi connectivity index (χ3n) is 3.96. The smallest absolute Gasteiger partial charge is 0.260 e. The molecule has 3 rings (SSSR count). The van der Waals surface area contributed by atoms with Gasteiger partial charge in [0.1, 0.15) is 0 Å². The summed E-state index contributed by atoms with van der Waals surface area (Å²) < 4.78 is 5.26. The largest absolute Gasteiger partial charge is 0.378 e. The molecule has 2 heterocycles. The van der Waals surface area contributed by atoms with Gasteiger partial charge < -0.3 is 14.5 Å². The van der Waals surface area contributed by atoms with Crippen LogP contribution in [0.25, 0.3) is 0 Å². The first kappa shape index (κ1) is 14.2. The maximum atomic E-state index is 10.3. The molecule has 2 aromatic rings. The molecule has 1 aromatic carbocycles. The van der Waals surface area contributed by atoms with Crippen molar-refractivity contribution in [2.45, 2.75) is 12.1 Å². The fourth-order valence-corrected chi connectivity index (χ4v) is 2.56. The van der Waals surface area contributed by atoms with Gasteiger partial charge in [-0.25, -0.2) is 0 Å². The highest BCUT2D eigenvalue weighted by atomic mass is 16.5. The van der Waals surface area contributed by atoms with Crippen LogP contribution < -0.4 is 0 Å². The van der Waals surface area contributed by atoms with Crippen molar-refractivity contribution in [1.29, 1.82) is 0 Å². The Morgan fingerprint density at radius 1 is 1.24 bits per heavy atom. The van der Waals surface area contributed by atoms with E-state index in [0.717, 1.165) is 25.2 Å². The van der Waals surface area contributed by atoms with Gasteiger partial charge in [-0.1, -0.05) is 35.5 Å². The summed E-state index contributed by atoms with van der Waals surface area (Å²) in [6, 6.07) is 9.44. The highest BCUT2D eigenvalue weighted by Gasteiger charge is 2.29. The van der Waals surface area contributed by atoms with Crippen molar-refractivity contribution in [2.24, 2.45) is 0 Å². The Morgan fingerprint density at radius 3 is 2.76 bits per heavy atom. The molecule has 2 atom stereocenters. The first-order valence-corrected chi connectivity index (χ1v) is 7.10. The molecule has 0 aliphatic carbocycles. The predicted molar refractivity (Wildman–Crippen MR) is 77.7 cm³/mol. The van der Waals surface area contributed by atoms with Crippen molar-refractivity contribution in [2.75, 3.05) is 33.7 Å². The van der Waals surface area contributed by atoms with Gasteiger partial charge in [-0.3, -0.25) is 4.90 Å². The van der Waals surface area contributed by atoms with Gasteiger partial charge >= 0.3 is 0 Å². The molecule has 1 aromatic heterocycles. The zero-order chi connectivity index (χ0) is 14.8. The van der Waals surface area contributed by atoms with Gasteiger partial charge in [-0.2, -0.15) is 4.98 Å². The number of aliphatic hydroxyl groups excluding tert-OH is 1. The summed E-state index contributed by atoms with van der Waals surface area (Å²) in [5, 5.41) is 14.4. The summed E-state index contributed by atoms with van der Waals surface area (Å²) in [5.74, 6) is 0.881. The molecular formula is C15H20N4O2. The summed E-state index contributed by atoms with van der Waals surface area (Å²) >= 11 is 0. The fourth-order valence-electron chi connectivity index (χ4n) is 2.56. The fraction of sp³-hybridized carbons (Fsp3) is 0.467. The van der Waals surface area contributed by atoms with Crippen LogP contribution in [0.3, 0.4) is 0 Å². The lowest BCUT2D eigenvalue weighted by molar-refractivity contribution is 0.108. The quantitative estimate of drug-likeness (QED) is 0.911. The van der Waals surface area contributed by atoms with Gasteiger partial charge in [0.15, 0.2) is 11.9 Å². The van der Waals surface area contributed by atoms with Crippen LogP contribution in [0.5, 0.6) is 0 Å². The number of piperazine rings is 1. The van der Waals surface area contributed by atoms with Crippen LogP contribution in [0, 0.1) is 0 Å². The molecule has 112 valence electrons. The van der Waals surface area contributed by atoms with Crippen LogP contribution in [-0.4, -0.2) is 58.8 Å². The Kier molecular flexibility index (Phi) is 4.01. The van der Waals surface area contributed by atoms with Crippen molar-refractivity contribution >= 4 is 0 Å². The molecule has 6 heteroatoms. The Balaban J connectivity index is 1.80. The second-order valence-corrected chi connectivity index (χ2v) is 5.56. The Bertz CT molecular complexity index is 586. The van der Waals surface area contributed by atoms with Crippen LogP contribution in [0.2, 0.25) is 0 Å². The highest BCUT2D eigenvalue weighted by Crippen LogP contribution is 2.24. The number of aliphatic hydroxyl groups is 1. The standard InChI is InChI=1S/C15H20N4O2/c1-18-8-9-19(2)12(10-18)14-16-15(21-17-14)13(20)11-6-4-3-5-7-11/h3-7,12-13,20H,8-10H2,1-2H3. The number of nitrogens with zero attached hydrogens (tertiary/aromatic N) is 4. The number of rotatable bonds is 3. The van der Waals surface area contributed by atoms with E-state index >= 15 is 0 Å². The number of hydrogen-bond donors (Lipinski definition) is 1. The minimum Gasteiger partial charge on any atom is -0.378 e. The van der Waals surface area contributed by atoms with E-state index in [0.29, 0.717) is 5.82 Å². The average Bonchev–Trinajstić information content (AvgIpc) is 2.99. The van der Waals surface area contributed by atoms with Crippen molar-refractivity contribution in [1.82, 2.24) is 19.9 Å². The zero-order valence-corrected chi connectivity index (χ0v) is 12.3. The Labute approximate surface area is 124 Å². The molecule has 1 N–H and O–H groups in total. The Morgan fingerprint density at radius 2 is 2.00 bits per heavy atom. The number of benzene rings is 1. The molecule has 2 unspecified atom stereocenters. The van der Waals surface area contributed by atoms with E-state index in [-0.39, 0.29) is 11.9 Å². The van der Waals surface area contributed by atoms with E-state index in [2.05, 4.69) is 34.0 Å². The molecule has 21 heavy (non-hydrogen) atoms. The van der Waals surface area contributed by atoms with Gasteiger partial charge in [0, 0.05) is 19.6 Å². The van der Waals surface area contributed by atoms with Gasteiger partial charge in [-0.05, 0) is 19.7 Å². The van der Waals surface area contributed by atoms with Crippen LogP contribution in [0.1, 0.15) is 29.4 Å². The van der Waals surface area contributed by atoms with E-state index < -0.39 is 6.10 Å². The summed E-state index contributed by atoms with van der Waals surface area (Å²) in [6.45, 7) is 2.85. The summed E-state index contributed by atoms with van der Waals surface area (Å²) in [7, 11) is 4.14.